The van der Waals surface area contributed by atoms with Gasteiger partial charge in [0.2, 0.25) is 0 Å². The van der Waals surface area contributed by atoms with Gasteiger partial charge in [0, 0.05) is 12.8 Å². The van der Waals surface area contributed by atoms with Crippen LogP contribution in [-0.2, 0) is 32.7 Å². The number of quaternary nitrogens is 1. The van der Waals surface area contributed by atoms with Crippen LogP contribution < -0.4 is 0 Å². The third-order valence-corrected chi connectivity index (χ3v) is 15.3. The number of likely N-dealkylation sites (N-methyl/N-ethyl adjacent to an activating group) is 1. The van der Waals surface area contributed by atoms with E-state index in [9.17, 15) is 19.0 Å². The maximum Gasteiger partial charge on any atom is 0.472 e. The van der Waals surface area contributed by atoms with E-state index in [4.69, 9.17) is 18.5 Å². The Kier molecular flexibility index (Phi) is 62.2. The van der Waals surface area contributed by atoms with Crippen LogP contribution in [0.5, 0.6) is 0 Å². The molecule has 0 heterocycles. The normalized spacial score (nSPS) is 14.1. The van der Waals surface area contributed by atoms with Gasteiger partial charge in [-0.3, -0.25) is 18.6 Å². The van der Waals surface area contributed by atoms with Crippen LogP contribution in [0.1, 0.15) is 271 Å². The fourth-order valence-corrected chi connectivity index (χ4v) is 9.88. The van der Waals surface area contributed by atoms with Crippen molar-refractivity contribution < 1.29 is 42.1 Å². The first-order valence-electron chi connectivity index (χ1n) is 34.6. The average Bonchev–Trinajstić information content (AvgIpc) is 3.56. The first kappa shape index (κ1) is 81.9. The second kappa shape index (κ2) is 65.3. The number of hydrogen-bond donors (Lipinski definition) is 1. The molecule has 1 N–H and O–H groups in total. The molecular formula is C76H129NO8P+. The first-order valence-corrected chi connectivity index (χ1v) is 36.1. The summed E-state index contributed by atoms with van der Waals surface area (Å²) >= 11 is 0. The highest BCUT2D eigenvalue weighted by Gasteiger charge is 2.27. The van der Waals surface area contributed by atoms with Gasteiger partial charge < -0.3 is 18.9 Å². The molecule has 0 aromatic rings. The van der Waals surface area contributed by atoms with E-state index in [0.29, 0.717) is 17.4 Å². The molecule has 2 atom stereocenters. The molecule has 0 radical (unpaired) electrons. The van der Waals surface area contributed by atoms with Crippen molar-refractivity contribution in [2.45, 2.75) is 277 Å². The molecule has 0 aliphatic carbocycles. The van der Waals surface area contributed by atoms with Crippen molar-refractivity contribution in [1.82, 2.24) is 0 Å². The quantitative estimate of drug-likeness (QED) is 0.0211. The van der Waals surface area contributed by atoms with Crippen LogP contribution in [0.3, 0.4) is 0 Å². The Bertz CT molecular complexity index is 1960. The molecule has 0 aromatic carbocycles. The molecule has 0 bridgehead atoms. The fraction of sp³-hybridized carbons (Fsp3) is 0.658. The zero-order valence-corrected chi connectivity index (χ0v) is 56.6. The molecule has 0 saturated carbocycles. The molecule has 10 heteroatoms. The molecule has 0 amide bonds. The van der Waals surface area contributed by atoms with Gasteiger partial charge >= 0.3 is 19.8 Å². The molecule has 0 aromatic heterocycles. The van der Waals surface area contributed by atoms with Crippen molar-refractivity contribution >= 4 is 19.8 Å². The summed E-state index contributed by atoms with van der Waals surface area (Å²) in [7, 11) is 1.46. The lowest BCUT2D eigenvalue weighted by molar-refractivity contribution is -0.870. The van der Waals surface area contributed by atoms with E-state index in [0.717, 1.165) is 122 Å². The zero-order valence-electron chi connectivity index (χ0n) is 55.7. The van der Waals surface area contributed by atoms with Crippen LogP contribution in [0.25, 0.3) is 0 Å². The van der Waals surface area contributed by atoms with Crippen LogP contribution in [0.4, 0.5) is 0 Å². The second-order valence-corrected chi connectivity index (χ2v) is 25.3. The molecule has 0 aliphatic rings. The maximum absolute atomic E-state index is 12.9. The summed E-state index contributed by atoms with van der Waals surface area (Å²) in [4.78, 5) is 35.9. The Morgan fingerprint density at radius 3 is 0.930 bits per heavy atom. The summed E-state index contributed by atoms with van der Waals surface area (Å²) in [5.41, 5.74) is 0. The third kappa shape index (κ3) is 69.0. The maximum atomic E-state index is 12.9. The lowest BCUT2D eigenvalue weighted by Gasteiger charge is -2.24. The second-order valence-electron chi connectivity index (χ2n) is 23.8. The lowest BCUT2D eigenvalue weighted by Crippen LogP contribution is -2.37. The number of rotatable bonds is 62. The highest BCUT2D eigenvalue weighted by atomic mass is 31.2. The topological polar surface area (TPSA) is 108 Å². The average molecular weight is 1220 g/mol. The van der Waals surface area contributed by atoms with Crippen molar-refractivity contribution in [2.24, 2.45) is 0 Å². The Hall–Kier alpha value is -4.11. The van der Waals surface area contributed by atoms with E-state index in [1.54, 1.807) is 0 Å². The minimum Gasteiger partial charge on any atom is -0.462 e. The van der Waals surface area contributed by atoms with Crippen molar-refractivity contribution in [3.05, 3.63) is 146 Å². The van der Waals surface area contributed by atoms with Crippen LogP contribution in [-0.4, -0.2) is 74.9 Å². The molecular weight excluding hydrogens is 1090 g/mol. The SMILES string of the molecule is CC/C=C\C/C=C\C/C=C\C/C=C\C/C=C\C/C=C\C/C=C\C/C=C\CCCCCCCCCCCCCCCCC(=O)OC(COC(=O)CCCCCCCCCCCC/C=C\C/C=C\C/C=C\C/C=C\CC)COP(=O)(O)OCC[N+](C)(C)C. The van der Waals surface area contributed by atoms with Gasteiger partial charge in [-0.15, -0.1) is 0 Å². The molecule has 490 valence electrons. The van der Waals surface area contributed by atoms with Gasteiger partial charge in [-0.1, -0.05) is 288 Å². The summed E-state index contributed by atoms with van der Waals surface area (Å²) in [5.74, 6) is -0.805. The Morgan fingerprint density at radius 1 is 0.360 bits per heavy atom. The van der Waals surface area contributed by atoms with E-state index in [1.165, 1.54) is 116 Å². The van der Waals surface area contributed by atoms with Crippen LogP contribution in [0.2, 0.25) is 0 Å². The Balaban J connectivity index is 4.06. The number of phosphoric acid groups is 1. The number of ether oxygens (including phenoxy) is 2. The monoisotopic (exact) mass is 1210 g/mol. The Labute approximate surface area is 529 Å². The van der Waals surface area contributed by atoms with Gasteiger partial charge in [0.05, 0.1) is 27.7 Å². The third-order valence-electron chi connectivity index (χ3n) is 14.4. The number of carbonyl (C=O) groups excluding carboxylic acids is 2. The number of carbonyl (C=O) groups is 2. The summed E-state index contributed by atoms with van der Waals surface area (Å²) in [6, 6.07) is 0. The van der Waals surface area contributed by atoms with E-state index in [-0.39, 0.29) is 32.0 Å². The van der Waals surface area contributed by atoms with E-state index >= 15 is 0 Å². The van der Waals surface area contributed by atoms with Crippen molar-refractivity contribution in [2.75, 3.05) is 47.5 Å². The number of unbranched alkanes of at least 4 members (excludes halogenated alkanes) is 24. The molecule has 0 fully saturated rings. The minimum absolute atomic E-state index is 0.0251. The van der Waals surface area contributed by atoms with Gasteiger partial charge in [0.15, 0.2) is 6.10 Å². The molecule has 0 rings (SSSR count). The zero-order chi connectivity index (χ0) is 62.6. The standard InChI is InChI=1S/C76H128NO8P/c1-6-8-10-12-14-16-18-20-22-24-26-28-30-31-32-33-34-35-36-37-38-39-40-41-42-43-44-45-47-49-51-53-55-57-59-61-63-65-67-69-76(79)85-74(73-84-86(80,81)83-71-70-77(3,4)5)72-82-75(78)68-66-64-62-60-58-56-54-52-50-48-46-29-27-25-23-21-19-17-15-13-11-9-7-2/h8-11,14-17,20-23,26-29,31-32,34-35,37-38,40-41,74H,6-7,12-13,18-19,24-25,30,33,36,39,42-73H2,1-5H3/p+1/b10-8-,11-9-,16-14-,17-15-,22-20-,23-21-,28-26-,29-27-,32-31-,35-34-,38-37-,41-40-. The van der Waals surface area contributed by atoms with Gasteiger partial charge in [0.1, 0.15) is 19.8 Å². The van der Waals surface area contributed by atoms with Crippen LogP contribution in [0.15, 0.2) is 146 Å². The molecule has 2 unspecified atom stereocenters. The number of esters is 2. The molecule has 0 spiro atoms. The molecule has 9 nitrogen and oxygen atoms in total. The van der Waals surface area contributed by atoms with Gasteiger partial charge in [0.25, 0.3) is 0 Å². The molecule has 0 aliphatic heterocycles. The van der Waals surface area contributed by atoms with Gasteiger partial charge in [-0.25, -0.2) is 4.57 Å². The number of nitrogens with zero attached hydrogens (tertiary/aromatic N) is 1. The lowest BCUT2D eigenvalue weighted by atomic mass is 10.0. The number of hydrogen-bond acceptors (Lipinski definition) is 7. The summed E-state index contributed by atoms with van der Waals surface area (Å²) < 4.78 is 34.7. The highest BCUT2D eigenvalue weighted by molar-refractivity contribution is 7.47. The summed E-state index contributed by atoms with van der Waals surface area (Å²) in [6.45, 7) is 4.21. The molecule has 86 heavy (non-hydrogen) atoms. The number of phosphoric ester groups is 1. The highest BCUT2D eigenvalue weighted by Crippen LogP contribution is 2.43. The Morgan fingerprint density at radius 2 is 0.628 bits per heavy atom. The summed E-state index contributed by atoms with van der Waals surface area (Å²) in [5, 5.41) is 0. The van der Waals surface area contributed by atoms with Crippen molar-refractivity contribution in [3.63, 3.8) is 0 Å². The van der Waals surface area contributed by atoms with Crippen molar-refractivity contribution in [3.8, 4) is 0 Å². The van der Waals surface area contributed by atoms with E-state index in [1.807, 2.05) is 21.1 Å². The number of allylic oxidation sites excluding steroid dienone is 24. The minimum atomic E-state index is -4.40. The van der Waals surface area contributed by atoms with Crippen molar-refractivity contribution in [1.29, 1.82) is 0 Å². The smallest absolute Gasteiger partial charge is 0.462 e. The predicted octanol–water partition coefficient (Wildman–Crippen LogP) is 22.6. The largest absolute Gasteiger partial charge is 0.472 e. The van der Waals surface area contributed by atoms with E-state index < -0.39 is 26.5 Å². The summed E-state index contributed by atoms with van der Waals surface area (Å²) in [6.07, 6.45) is 96.6. The van der Waals surface area contributed by atoms with Gasteiger partial charge in [-0.2, -0.15) is 0 Å². The first-order chi connectivity index (χ1) is 42.0. The van der Waals surface area contributed by atoms with E-state index in [2.05, 4.69) is 160 Å². The van der Waals surface area contributed by atoms with Crippen LogP contribution >= 0.6 is 7.82 Å². The molecule has 0 saturated heterocycles. The predicted molar refractivity (Wildman–Crippen MR) is 371 cm³/mol. The van der Waals surface area contributed by atoms with Gasteiger partial charge in [-0.05, 0) is 116 Å². The van der Waals surface area contributed by atoms with Crippen LogP contribution in [0, 0.1) is 0 Å². The fourth-order valence-electron chi connectivity index (χ4n) is 9.14.